The standard InChI is InChI=1S/C25H25Cl2N5O5S/c1-4-32-29-24(28-30-32)15-31(38(34,35)17-10-12-22(36-2)23(14-17)37-3)21-11-9-16(26)13-19(21)25(33)18-7-5-6-8-20(18)27/h5-14,25,33H,4,15H2,1-3H3. The van der Waals surface area contributed by atoms with E-state index in [9.17, 15) is 13.5 Å². The van der Waals surface area contributed by atoms with Gasteiger partial charge in [0.25, 0.3) is 10.0 Å². The van der Waals surface area contributed by atoms with Crippen molar-refractivity contribution < 1.29 is 23.0 Å². The monoisotopic (exact) mass is 577 g/mol. The predicted molar refractivity (Wildman–Crippen MR) is 143 cm³/mol. The van der Waals surface area contributed by atoms with E-state index in [1.807, 2.05) is 6.92 Å². The van der Waals surface area contributed by atoms with Crippen LogP contribution in [0.1, 0.15) is 30.0 Å². The SMILES string of the molecule is CCn1nnc(CN(c2ccc(Cl)cc2C(O)c2ccccc2Cl)S(=O)(=O)c2ccc(OC)c(OC)c2)n1. The Bertz CT molecular complexity index is 1550. The van der Waals surface area contributed by atoms with E-state index in [-0.39, 0.29) is 34.3 Å². The summed E-state index contributed by atoms with van der Waals surface area (Å²) in [6, 6.07) is 15.5. The number of anilines is 1. The second-order valence-corrected chi connectivity index (χ2v) is 10.8. The topological polar surface area (TPSA) is 120 Å². The number of nitrogens with zero attached hydrogens (tertiary/aromatic N) is 5. The lowest BCUT2D eigenvalue weighted by Crippen LogP contribution is -2.32. The van der Waals surface area contributed by atoms with Crippen molar-refractivity contribution in [1.82, 2.24) is 20.2 Å². The van der Waals surface area contributed by atoms with Gasteiger partial charge < -0.3 is 14.6 Å². The van der Waals surface area contributed by atoms with E-state index in [2.05, 4.69) is 15.4 Å². The molecule has 13 heteroatoms. The number of aliphatic hydroxyl groups excluding tert-OH is 1. The Morgan fingerprint density at radius 2 is 1.74 bits per heavy atom. The minimum absolute atomic E-state index is 0.0776. The number of hydrogen-bond donors (Lipinski definition) is 1. The molecule has 0 spiro atoms. The molecule has 200 valence electrons. The number of aryl methyl sites for hydroxylation is 1. The van der Waals surface area contributed by atoms with Gasteiger partial charge in [-0.15, -0.1) is 10.2 Å². The van der Waals surface area contributed by atoms with Crippen molar-refractivity contribution in [2.45, 2.75) is 31.0 Å². The number of methoxy groups -OCH3 is 2. The molecule has 4 rings (SSSR count). The van der Waals surface area contributed by atoms with Crippen LogP contribution in [0.25, 0.3) is 0 Å². The maximum Gasteiger partial charge on any atom is 0.264 e. The zero-order chi connectivity index (χ0) is 27.4. The Balaban J connectivity index is 1.91. The van der Waals surface area contributed by atoms with Crippen molar-refractivity contribution >= 4 is 38.9 Å². The van der Waals surface area contributed by atoms with Crippen LogP contribution in [0.5, 0.6) is 11.5 Å². The van der Waals surface area contributed by atoms with Crippen LogP contribution in [-0.4, -0.2) is 48.0 Å². The van der Waals surface area contributed by atoms with Gasteiger partial charge in [-0.2, -0.15) is 4.80 Å². The van der Waals surface area contributed by atoms with Crippen molar-refractivity contribution in [3.63, 3.8) is 0 Å². The van der Waals surface area contributed by atoms with Gasteiger partial charge >= 0.3 is 0 Å². The first kappa shape index (κ1) is 27.6. The lowest BCUT2D eigenvalue weighted by Gasteiger charge is -2.28. The third-order valence-electron chi connectivity index (χ3n) is 5.76. The summed E-state index contributed by atoms with van der Waals surface area (Å²) in [4.78, 5) is 1.27. The fourth-order valence-electron chi connectivity index (χ4n) is 3.84. The maximum atomic E-state index is 14.2. The molecule has 1 aromatic heterocycles. The number of ether oxygens (including phenoxy) is 2. The number of sulfonamides is 1. The first-order valence-corrected chi connectivity index (χ1v) is 13.6. The van der Waals surface area contributed by atoms with Gasteiger partial charge in [-0.1, -0.05) is 41.4 Å². The van der Waals surface area contributed by atoms with Gasteiger partial charge in [0.1, 0.15) is 6.10 Å². The fourth-order valence-corrected chi connectivity index (χ4v) is 5.72. The van der Waals surface area contributed by atoms with Gasteiger partial charge in [-0.25, -0.2) is 8.42 Å². The molecule has 3 aromatic carbocycles. The first-order chi connectivity index (χ1) is 18.2. The van der Waals surface area contributed by atoms with Crippen molar-refractivity contribution in [2.24, 2.45) is 0 Å². The largest absolute Gasteiger partial charge is 0.493 e. The van der Waals surface area contributed by atoms with E-state index in [1.165, 1.54) is 55.4 Å². The van der Waals surface area contributed by atoms with Crippen LogP contribution in [-0.2, 0) is 23.1 Å². The quantitative estimate of drug-likeness (QED) is 0.292. The van der Waals surface area contributed by atoms with Gasteiger partial charge in [0.2, 0.25) is 0 Å². The number of tetrazole rings is 1. The van der Waals surface area contributed by atoms with E-state index in [0.717, 1.165) is 4.31 Å². The molecule has 4 aromatic rings. The van der Waals surface area contributed by atoms with Gasteiger partial charge in [0.05, 0.1) is 37.9 Å². The molecule has 0 radical (unpaired) electrons. The zero-order valence-corrected chi connectivity index (χ0v) is 23.1. The molecule has 0 saturated carbocycles. The van der Waals surface area contributed by atoms with Gasteiger partial charge in [-0.3, -0.25) is 4.31 Å². The van der Waals surface area contributed by atoms with Gasteiger partial charge in [-0.05, 0) is 48.5 Å². The van der Waals surface area contributed by atoms with E-state index in [1.54, 1.807) is 24.3 Å². The van der Waals surface area contributed by atoms with Crippen molar-refractivity contribution in [3.05, 3.63) is 87.7 Å². The van der Waals surface area contributed by atoms with Crippen LogP contribution >= 0.6 is 23.2 Å². The number of hydrogen-bond acceptors (Lipinski definition) is 8. The van der Waals surface area contributed by atoms with Crippen molar-refractivity contribution in [2.75, 3.05) is 18.5 Å². The number of aromatic nitrogens is 4. The summed E-state index contributed by atoms with van der Waals surface area (Å²) in [5.74, 6) is 0.756. The molecular weight excluding hydrogens is 553 g/mol. The van der Waals surface area contributed by atoms with Crippen LogP contribution in [0.15, 0.2) is 65.6 Å². The summed E-state index contributed by atoms with van der Waals surface area (Å²) < 4.78 is 40.0. The third kappa shape index (κ3) is 5.56. The summed E-state index contributed by atoms with van der Waals surface area (Å²) >= 11 is 12.7. The van der Waals surface area contributed by atoms with Crippen LogP contribution < -0.4 is 13.8 Å². The number of benzene rings is 3. The summed E-state index contributed by atoms with van der Waals surface area (Å²) in [7, 11) is -1.41. The number of halogens is 2. The normalized spacial score (nSPS) is 12.3. The summed E-state index contributed by atoms with van der Waals surface area (Å²) in [5.41, 5.74) is 0.762. The molecule has 0 fully saturated rings. The molecule has 0 bridgehead atoms. The molecule has 10 nitrogen and oxygen atoms in total. The van der Waals surface area contributed by atoms with E-state index < -0.39 is 16.1 Å². The minimum atomic E-state index is -4.27. The van der Waals surface area contributed by atoms with Crippen LogP contribution in [0.3, 0.4) is 0 Å². The Morgan fingerprint density at radius 1 is 1.00 bits per heavy atom. The predicted octanol–water partition coefficient (Wildman–Crippen LogP) is 4.49. The average Bonchev–Trinajstić information content (AvgIpc) is 3.39. The Morgan fingerprint density at radius 3 is 2.39 bits per heavy atom. The number of rotatable bonds is 10. The molecule has 0 aliphatic heterocycles. The lowest BCUT2D eigenvalue weighted by atomic mass is 9.99. The van der Waals surface area contributed by atoms with Crippen molar-refractivity contribution in [1.29, 1.82) is 0 Å². The number of aliphatic hydroxyl groups is 1. The second kappa shape index (κ2) is 11.6. The molecule has 0 aliphatic carbocycles. The molecule has 1 heterocycles. The third-order valence-corrected chi connectivity index (χ3v) is 8.09. The smallest absolute Gasteiger partial charge is 0.264 e. The van der Waals surface area contributed by atoms with Gasteiger partial charge in [0, 0.05) is 27.2 Å². The molecule has 0 saturated heterocycles. The Hall–Kier alpha value is -3.38. The van der Waals surface area contributed by atoms with Crippen LogP contribution in [0, 0.1) is 0 Å². The molecule has 1 atom stereocenters. The zero-order valence-electron chi connectivity index (χ0n) is 20.7. The molecule has 0 amide bonds. The summed E-state index contributed by atoms with van der Waals surface area (Å²) in [6.07, 6.45) is -1.29. The first-order valence-electron chi connectivity index (χ1n) is 11.4. The van der Waals surface area contributed by atoms with Gasteiger partial charge in [0.15, 0.2) is 17.3 Å². The minimum Gasteiger partial charge on any atom is -0.493 e. The fraction of sp³-hybridized carbons (Fsp3) is 0.240. The van der Waals surface area contributed by atoms with Crippen LogP contribution in [0.4, 0.5) is 5.69 Å². The molecule has 1 N–H and O–H groups in total. The average molecular weight is 578 g/mol. The molecule has 38 heavy (non-hydrogen) atoms. The maximum absolute atomic E-state index is 14.2. The van der Waals surface area contributed by atoms with Crippen molar-refractivity contribution in [3.8, 4) is 11.5 Å². The molecular formula is C25H25Cl2N5O5S. The van der Waals surface area contributed by atoms with E-state index in [4.69, 9.17) is 32.7 Å². The highest BCUT2D eigenvalue weighted by atomic mass is 35.5. The highest BCUT2D eigenvalue weighted by molar-refractivity contribution is 7.92. The van der Waals surface area contributed by atoms with Crippen LogP contribution in [0.2, 0.25) is 10.0 Å². The van der Waals surface area contributed by atoms with E-state index in [0.29, 0.717) is 27.9 Å². The Labute approximate surface area is 230 Å². The Kier molecular flexibility index (Phi) is 8.41. The second-order valence-electron chi connectivity index (χ2n) is 8.05. The molecule has 1 unspecified atom stereocenters. The highest BCUT2D eigenvalue weighted by Gasteiger charge is 2.31. The summed E-state index contributed by atoms with van der Waals surface area (Å²) in [6.45, 7) is 2.01. The summed E-state index contributed by atoms with van der Waals surface area (Å²) in [5, 5.41) is 24.2. The molecule has 0 aliphatic rings. The van der Waals surface area contributed by atoms with E-state index >= 15 is 0 Å². The lowest BCUT2D eigenvalue weighted by molar-refractivity contribution is 0.221. The highest BCUT2D eigenvalue weighted by Crippen LogP contribution is 2.39.